The minimum atomic E-state index is -0.101. The summed E-state index contributed by atoms with van der Waals surface area (Å²) in [6, 6.07) is 11.6. The number of hydrogen-bond donors (Lipinski definition) is 3. The number of aromatic nitrogens is 1. The maximum absolute atomic E-state index is 12.0. The number of amides is 1. The third kappa shape index (κ3) is 7.26. The molecule has 0 aliphatic heterocycles. The number of hydrogen-bond acceptors (Lipinski definition) is 4. The Kier molecular flexibility index (Phi) is 8.27. The Balaban J connectivity index is 1.68. The lowest BCUT2D eigenvalue weighted by Gasteiger charge is -2.18. The van der Waals surface area contributed by atoms with Crippen molar-refractivity contribution in [3.63, 3.8) is 0 Å². The molecule has 2 aromatic rings. The number of benzene rings is 1. The Labute approximate surface area is 166 Å². The first-order valence-electron chi connectivity index (χ1n) is 9.37. The largest absolute Gasteiger partial charge is 0.489 e. The van der Waals surface area contributed by atoms with E-state index in [0.717, 1.165) is 16.9 Å². The summed E-state index contributed by atoms with van der Waals surface area (Å²) in [6.07, 6.45) is 2.00. The lowest BCUT2D eigenvalue weighted by Crippen LogP contribution is -2.42. The van der Waals surface area contributed by atoms with Crippen LogP contribution >= 0.6 is 0 Å². The molecule has 0 aliphatic rings. The summed E-state index contributed by atoms with van der Waals surface area (Å²) in [5, 5.41) is 9.11. The van der Waals surface area contributed by atoms with Gasteiger partial charge in [0.05, 0.1) is 6.54 Å². The van der Waals surface area contributed by atoms with E-state index in [9.17, 15) is 4.79 Å². The van der Waals surface area contributed by atoms with Crippen LogP contribution in [0.4, 0.5) is 5.82 Å². The number of carbonyl (C=O) groups excluding carboxylic acids is 1. The highest BCUT2D eigenvalue weighted by Gasteiger charge is 2.08. The molecule has 0 aliphatic carbocycles. The Bertz CT molecular complexity index is 790. The molecule has 1 amide bonds. The van der Waals surface area contributed by atoms with Crippen molar-refractivity contribution in [1.82, 2.24) is 15.6 Å². The molecular weight excluding hydrogens is 354 g/mol. The molecular formula is C21H29N5O2. The highest BCUT2D eigenvalue weighted by Crippen LogP contribution is 2.17. The van der Waals surface area contributed by atoms with E-state index in [1.54, 1.807) is 19.3 Å². The van der Waals surface area contributed by atoms with Gasteiger partial charge in [0.15, 0.2) is 5.96 Å². The quantitative estimate of drug-likeness (QED) is 0.482. The van der Waals surface area contributed by atoms with Crippen molar-refractivity contribution in [3.05, 3.63) is 53.7 Å². The van der Waals surface area contributed by atoms with Crippen LogP contribution in [0.1, 0.15) is 24.5 Å². The van der Waals surface area contributed by atoms with Crippen LogP contribution in [0, 0.1) is 13.8 Å². The number of ether oxygens (including phenoxy) is 1. The predicted octanol–water partition coefficient (Wildman–Crippen LogP) is 2.66. The van der Waals surface area contributed by atoms with Crippen LogP contribution < -0.4 is 20.7 Å². The van der Waals surface area contributed by atoms with Crippen LogP contribution in [0.2, 0.25) is 0 Å². The highest BCUT2D eigenvalue weighted by atomic mass is 16.5. The molecule has 1 aromatic heterocycles. The summed E-state index contributed by atoms with van der Waals surface area (Å²) in [7, 11) is 1.69. The van der Waals surface area contributed by atoms with E-state index in [4.69, 9.17) is 4.74 Å². The molecule has 1 atom stereocenters. The van der Waals surface area contributed by atoms with Gasteiger partial charge in [0.1, 0.15) is 17.7 Å². The molecule has 1 heterocycles. The molecule has 0 fully saturated rings. The molecule has 7 nitrogen and oxygen atoms in total. The zero-order valence-electron chi connectivity index (χ0n) is 17.0. The van der Waals surface area contributed by atoms with Crippen molar-refractivity contribution in [2.24, 2.45) is 4.99 Å². The summed E-state index contributed by atoms with van der Waals surface area (Å²) in [6.45, 7) is 7.02. The van der Waals surface area contributed by atoms with E-state index in [0.29, 0.717) is 31.3 Å². The number of carbonyl (C=O) groups is 1. The molecule has 0 spiro atoms. The van der Waals surface area contributed by atoms with E-state index in [2.05, 4.69) is 25.9 Å². The number of nitrogens with zero attached hydrogens (tertiary/aromatic N) is 2. The molecule has 0 bridgehead atoms. The van der Waals surface area contributed by atoms with E-state index in [1.807, 2.05) is 51.1 Å². The molecule has 2 rings (SSSR count). The van der Waals surface area contributed by atoms with Gasteiger partial charge in [-0.3, -0.25) is 9.79 Å². The van der Waals surface area contributed by atoms with Crippen LogP contribution in [-0.2, 0) is 4.79 Å². The molecule has 3 N–H and O–H groups in total. The average Bonchev–Trinajstić information content (AvgIpc) is 2.68. The van der Waals surface area contributed by atoms with Gasteiger partial charge in [-0.1, -0.05) is 24.3 Å². The first kappa shape index (κ1) is 21.2. The number of nitrogens with one attached hydrogen (secondary N) is 3. The van der Waals surface area contributed by atoms with Crippen molar-refractivity contribution < 1.29 is 9.53 Å². The van der Waals surface area contributed by atoms with Crippen LogP contribution in [0.25, 0.3) is 0 Å². The minimum Gasteiger partial charge on any atom is -0.489 e. The topological polar surface area (TPSA) is 87.6 Å². The number of guanidine groups is 1. The van der Waals surface area contributed by atoms with Gasteiger partial charge < -0.3 is 20.7 Å². The van der Waals surface area contributed by atoms with Gasteiger partial charge in [-0.05, 0) is 44.0 Å². The third-order valence-electron chi connectivity index (χ3n) is 4.03. The number of aryl methyl sites for hydroxylation is 2. The lowest BCUT2D eigenvalue weighted by molar-refractivity contribution is -0.116. The maximum atomic E-state index is 12.0. The molecule has 0 saturated heterocycles. The number of anilines is 1. The third-order valence-corrected chi connectivity index (χ3v) is 4.03. The Morgan fingerprint density at radius 2 is 1.96 bits per heavy atom. The fourth-order valence-corrected chi connectivity index (χ4v) is 2.45. The van der Waals surface area contributed by atoms with Crippen molar-refractivity contribution in [1.29, 1.82) is 0 Å². The fraction of sp³-hybridized carbons (Fsp3) is 0.381. The van der Waals surface area contributed by atoms with Crippen LogP contribution in [0.3, 0.4) is 0 Å². The van der Waals surface area contributed by atoms with Crippen molar-refractivity contribution in [3.8, 4) is 5.75 Å². The lowest BCUT2D eigenvalue weighted by atomic mass is 10.2. The van der Waals surface area contributed by atoms with Crippen molar-refractivity contribution >= 4 is 17.7 Å². The van der Waals surface area contributed by atoms with E-state index in [-0.39, 0.29) is 12.0 Å². The minimum absolute atomic E-state index is 0.0319. The molecule has 1 unspecified atom stereocenters. The number of rotatable bonds is 8. The van der Waals surface area contributed by atoms with Crippen molar-refractivity contribution in [2.45, 2.75) is 33.3 Å². The Morgan fingerprint density at radius 1 is 1.18 bits per heavy atom. The molecule has 7 heteroatoms. The zero-order valence-corrected chi connectivity index (χ0v) is 17.0. The van der Waals surface area contributed by atoms with E-state index < -0.39 is 0 Å². The summed E-state index contributed by atoms with van der Waals surface area (Å²) >= 11 is 0. The van der Waals surface area contributed by atoms with E-state index >= 15 is 0 Å². The monoisotopic (exact) mass is 383 g/mol. The Hall–Kier alpha value is -3.09. The fourth-order valence-electron chi connectivity index (χ4n) is 2.45. The normalized spacial score (nSPS) is 12.2. The summed E-state index contributed by atoms with van der Waals surface area (Å²) < 4.78 is 5.94. The molecule has 0 radical (unpaired) electrons. The second-order valence-electron chi connectivity index (χ2n) is 6.59. The second-order valence-corrected chi connectivity index (χ2v) is 6.59. The second kappa shape index (κ2) is 10.9. The first-order valence-corrected chi connectivity index (χ1v) is 9.37. The van der Waals surface area contributed by atoms with Gasteiger partial charge in [-0.15, -0.1) is 0 Å². The Morgan fingerprint density at radius 3 is 2.64 bits per heavy atom. The SMILES string of the molecule is CN=C(NCCC(=O)Nc1ccc(C)cn1)NCC(C)Oc1ccccc1C. The zero-order chi connectivity index (χ0) is 20.4. The molecule has 0 saturated carbocycles. The van der Waals surface area contributed by atoms with Crippen LogP contribution in [-0.4, -0.2) is 43.1 Å². The number of aliphatic imine (C=N–C) groups is 1. The van der Waals surface area contributed by atoms with Gasteiger partial charge in [0, 0.05) is 26.2 Å². The number of para-hydroxylation sites is 1. The van der Waals surface area contributed by atoms with Crippen LogP contribution in [0.15, 0.2) is 47.6 Å². The van der Waals surface area contributed by atoms with Crippen LogP contribution in [0.5, 0.6) is 5.75 Å². The summed E-state index contributed by atoms with van der Waals surface area (Å²) in [4.78, 5) is 20.3. The average molecular weight is 383 g/mol. The highest BCUT2D eigenvalue weighted by molar-refractivity contribution is 5.90. The van der Waals surface area contributed by atoms with Gasteiger partial charge in [0.2, 0.25) is 5.91 Å². The van der Waals surface area contributed by atoms with Gasteiger partial charge >= 0.3 is 0 Å². The van der Waals surface area contributed by atoms with E-state index in [1.165, 1.54) is 0 Å². The molecule has 1 aromatic carbocycles. The van der Waals surface area contributed by atoms with Gasteiger partial charge in [-0.2, -0.15) is 0 Å². The van der Waals surface area contributed by atoms with Crippen molar-refractivity contribution in [2.75, 3.05) is 25.5 Å². The molecule has 28 heavy (non-hydrogen) atoms. The maximum Gasteiger partial charge on any atom is 0.227 e. The van der Waals surface area contributed by atoms with Gasteiger partial charge in [0.25, 0.3) is 0 Å². The predicted molar refractivity (Wildman–Crippen MR) is 113 cm³/mol. The molecule has 150 valence electrons. The standard InChI is InChI=1S/C21H29N5O2/c1-15-9-10-19(24-13-15)26-20(27)11-12-23-21(22-4)25-14-17(3)28-18-8-6-5-7-16(18)2/h5-10,13,17H,11-12,14H2,1-4H3,(H2,22,23,25)(H,24,26,27). The van der Waals surface area contributed by atoms with Gasteiger partial charge in [-0.25, -0.2) is 4.98 Å². The smallest absolute Gasteiger partial charge is 0.227 e. The summed E-state index contributed by atoms with van der Waals surface area (Å²) in [5.41, 5.74) is 2.15. The first-order chi connectivity index (χ1) is 13.5. The summed E-state index contributed by atoms with van der Waals surface area (Å²) in [5.74, 6) is 1.96. The number of pyridine rings is 1.